The van der Waals surface area contributed by atoms with Crippen LogP contribution in [0.2, 0.25) is 0 Å². The lowest BCUT2D eigenvalue weighted by Gasteiger charge is -2.19. The highest BCUT2D eigenvalue weighted by Crippen LogP contribution is 2.30. The molecule has 3 aromatic carbocycles. The van der Waals surface area contributed by atoms with E-state index in [1.54, 1.807) is 0 Å². The van der Waals surface area contributed by atoms with E-state index in [-0.39, 0.29) is 42.6 Å². The molecule has 0 aromatic heterocycles. The van der Waals surface area contributed by atoms with Crippen molar-refractivity contribution in [3.8, 4) is 0 Å². The van der Waals surface area contributed by atoms with Crippen LogP contribution in [-0.2, 0) is 4.79 Å². The van der Waals surface area contributed by atoms with Crippen LogP contribution in [0.1, 0.15) is 11.5 Å². The molecule has 4 rings (SSSR count). The summed E-state index contributed by atoms with van der Waals surface area (Å²) in [5, 5.41) is 8.73. The van der Waals surface area contributed by atoms with E-state index in [1.165, 1.54) is 5.56 Å². The Kier molecular flexibility index (Phi) is 7.04. The average Bonchev–Trinajstić information content (AvgIpc) is 3.13. The first-order valence-corrected chi connectivity index (χ1v) is 8.37. The number of anilines is 1. The number of fused-ring (bicyclic) bond motifs is 1. The van der Waals surface area contributed by atoms with Crippen molar-refractivity contribution in [2.24, 2.45) is 5.92 Å². The van der Waals surface area contributed by atoms with Crippen LogP contribution in [0.25, 0.3) is 10.8 Å². The predicted octanol–water partition coefficient (Wildman–Crippen LogP) is 4.63. The molecule has 5 heteroatoms. The lowest BCUT2D eigenvalue weighted by Crippen LogP contribution is -2.28. The monoisotopic (exact) mass is 388 g/mol. The second-order valence-electron chi connectivity index (χ2n) is 6.30. The van der Waals surface area contributed by atoms with E-state index in [2.05, 4.69) is 34.9 Å². The molecule has 0 radical (unpaired) electrons. The number of hydrogen-bond donors (Lipinski definition) is 2. The minimum atomic E-state index is -0.0497. The minimum Gasteiger partial charge on any atom is -0.325 e. The molecule has 1 heterocycles. The van der Waals surface area contributed by atoms with Crippen LogP contribution < -0.4 is 10.6 Å². The normalized spacial score (nSPS) is 18.6. The summed E-state index contributed by atoms with van der Waals surface area (Å²) in [6, 6.07) is 24.4. The molecule has 0 saturated carbocycles. The summed E-state index contributed by atoms with van der Waals surface area (Å²) in [4.78, 5) is 12.9. The Balaban J connectivity index is 0.00000121. The van der Waals surface area contributed by atoms with Gasteiger partial charge >= 0.3 is 0 Å². The van der Waals surface area contributed by atoms with E-state index in [0.29, 0.717) is 0 Å². The Labute approximate surface area is 166 Å². The third-order valence-electron chi connectivity index (χ3n) is 4.83. The van der Waals surface area contributed by atoms with Gasteiger partial charge in [-0.2, -0.15) is 0 Å². The SMILES string of the molecule is Cl.Cl.O=C(Nc1cccc2ccccc12)[C@@H]1CNC[C@H]1c1ccccc1. The summed E-state index contributed by atoms with van der Waals surface area (Å²) in [5.74, 6) is 0.262. The molecular weight excluding hydrogens is 367 g/mol. The number of nitrogens with one attached hydrogen (secondary N) is 2. The van der Waals surface area contributed by atoms with E-state index in [0.717, 1.165) is 29.5 Å². The second kappa shape index (κ2) is 9.04. The smallest absolute Gasteiger partial charge is 0.229 e. The van der Waals surface area contributed by atoms with Crippen molar-refractivity contribution < 1.29 is 4.79 Å². The average molecular weight is 389 g/mol. The first-order valence-electron chi connectivity index (χ1n) is 8.37. The van der Waals surface area contributed by atoms with Gasteiger partial charge in [0.15, 0.2) is 0 Å². The van der Waals surface area contributed by atoms with Gasteiger partial charge in [-0.3, -0.25) is 4.79 Å². The zero-order valence-corrected chi connectivity index (χ0v) is 15.9. The van der Waals surface area contributed by atoms with E-state index in [9.17, 15) is 4.79 Å². The van der Waals surface area contributed by atoms with Crippen LogP contribution in [0.5, 0.6) is 0 Å². The summed E-state index contributed by atoms with van der Waals surface area (Å²) in [6.07, 6.45) is 0. The molecule has 26 heavy (non-hydrogen) atoms. The van der Waals surface area contributed by atoms with Crippen molar-refractivity contribution in [2.75, 3.05) is 18.4 Å². The summed E-state index contributed by atoms with van der Waals surface area (Å²) < 4.78 is 0. The summed E-state index contributed by atoms with van der Waals surface area (Å²) in [5.41, 5.74) is 2.11. The molecule has 2 N–H and O–H groups in total. The van der Waals surface area contributed by atoms with Gasteiger partial charge in [0, 0.05) is 30.1 Å². The Hall–Kier alpha value is -2.07. The quantitative estimate of drug-likeness (QED) is 0.686. The third kappa shape index (κ3) is 4.01. The molecule has 1 saturated heterocycles. The summed E-state index contributed by atoms with van der Waals surface area (Å²) in [6.45, 7) is 1.56. The maximum Gasteiger partial charge on any atom is 0.229 e. The Morgan fingerprint density at radius 2 is 1.54 bits per heavy atom. The number of amides is 1. The fourth-order valence-corrected chi connectivity index (χ4v) is 3.56. The Bertz CT molecular complexity index is 865. The number of hydrogen-bond acceptors (Lipinski definition) is 2. The van der Waals surface area contributed by atoms with Gasteiger partial charge in [0.2, 0.25) is 5.91 Å². The largest absolute Gasteiger partial charge is 0.325 e. The lowest BCUT2D eigenvalue weighted by molar-refractivity contribution is -0.119. The molecule has 0 bridgehead atoms. The molecule has 1 fully saturated rings. The topological polar surface area (TPSA) is 41.1 Å². The van der Waals surface area contributed by atoms with Crippen LogP contribution in [0, 0.1) is 5.92 Å². The van der Waals surface area contributed by atoms with Gasteiger partial charge in [0.1, 0.15) is 0 Å². The van der Waals surface area contributed by atoms with Crippen LogP contribution in [0.15, 0.2) is 72.8 Å². The maximum atomic E-state index is 12.9. The van der Waals surface area contributed by atoms with Gasteiger partial charge < -0.3 is 10.6 Å². The van der Waals surface area contributed by atoms with Gasteiger partial charge in [-0.05, 0) is 17.0 Å². The molecule has 0 aliphatic carbocycles. The number of carbonyl (C=O) groups is 1. The van der Waals surface area contributed by atoms with Gasteiger partial charge in [0.05, 0.1) is 5.92 Å². The molecule has 1 aliphatic rings. The maximum absolute atomic E-state index is 12.9. The highest BCUT2D eigenvalue weighted by atomic mass is 35.5. The van der Waals surface area contributed by atoms with Crippen molar-refractivity contribution >= 4 is 47.2 Å². The molecule has 3 nitrogen and oxygen atoms in total. The van der Waals surface area contributed by atoms with E-state index in [4.69, 9.17) is 0 Å². The highest BCUT2D eigenvalue weighted by Gasteiger charge is 2.33. The highest BCUT2D eigenvalue weighted by molar-refractivity contribution is 6.03. The van der Waals surface area contributed by atoms with Crippen LogP contribution >= 0.6 is 24.8 Å². The molecule has 0 spiro atoms. The predicted molar refractivity (Wildman–Crippen MR) is 113 cm³/mol. The molecule has 1 amide bonds. The van der Waals surface area contributed by atoms with Crippen molar-refractivity contribution in [1.82, 2.24) is 5.32 Å². The van der Waals surface area contributed by atoms with Crippen molar-refractivity contribution in [3.63, 3.8) is 0 Å². The molecular formula is C21H22Cl2N2O. The van der Waals surface area contributed by atoms with Gasteiger partial charge in [-0.25, -0.2) is 0 Å². The van der Waals surface area contributed by atoms with Crippen LogP contribution in [0.3, 0.4) is 0 Å². The number of rotatable bonds is 3. The molecule has 3 aromatic rings. The second-order valence-corrected chi connectivity index (χ2v) is 6.30. The molecule has 136 valence electrons. The first kappa shape index (κ1) is 20.2. The van der Waals surface area contributed by atoms with E-state index >= 15 is 0 Å². The third-order valence-corrected chi connectivity index (χ3v) is 4.83. The number of carbonyl (C=O) groups excluding carboxylic acids is 1. The number of halogens is 2. The zero-order chi connectivity index (χ0) is 16.4. The molecule has 1 aliphatic heterocycles. The Morgan fingerprint density at radius 1 is 0.846 bits per heavy atom. The van der Waals surface area contributed by atoms with Crippen LogP contribution in [0.4, 0.5) is 5.69 Å². The van der Waals surface area contributed by atoms with Gasteiger partial charge in [-0.15, -0.1) is 24.8 Å². The molecule has 2 atom stereocenters. The van der Waals surface area contributed by atoms with Gasteiger partial charge in [-0.1, -0.05) is 66.7 Å². The van der Waals surface area contributed by atoms with Crippen LogP contribution in [-0.4, -0.2) is 19.0 Å². The first-order chi connectivity index (χ1) is 11.8. The van der Waals surface area contributed by atoms with E-state index in [1.807, 2.05) is 48.5 Å². The van der Waals surface area contributed by atoms with Crippen molar-refractivity contribution in [1.29, 1.82) is 0 Å². The minimum absolute atomic E-state index is 0. The fraction of sp³-hybridized carbons (Fsp3) is 0.190. The van der Waals surface area contributed by atoms with Crippen molar-refractivity contribution in [2.45, 2.75) is 5.92 Å². The summed E-state index contributed by atoms with van der Waals surface area (Å²) >= 11 is 0. The Morgan fingerprint density at radius 3 is 2.35 bits per heavy atom. The molecule has 0 unspecified atom stereocenters. The summed E-state index contributed by atoms with van der Waals surface area (Å²) in [7, 11) is 0. The number of benzene rings is 3. The standard InChI is InChI=1S/C21H20N2O.2ClH/c24-21(19-14-22-13-18(19)16-7-2-1-3-8-16)23-20-12-6-10-15-9-4-5-11-17(15)20;;/h1-12,18-19,22H,13-14H2,(H,23,24);2*1H/t18-,19+;;/m0../s1. The lowest BCUT2D eigenvalue weighted by atomic mass is 9.88. The fourth-order valence-electron chi connectivity index (χ4n) is 3.56. The zero-order valence-electron chi connectivity index (χ0n) is 14.2. The van der Waals surface area contributed by atoms with Gasteiger partial charge in [0.25, 0.3) is 0 Å². The van der Waals surface area contributed by atoms with E-state index < -0.39 is 0 Å². The van der Waals surface area contributed by atoms with Crippen molar-refractivity contribution in [3.05, 3.63) is 78.4 Å².